The highest BCUT2D eigenvalue weighted by Gasteiger charge is 2.77. The quantitative estimate of drug-likeness (QED) is 0.0782. The first-order chi connectivity index (χ1) is 35.1. The topological polar surface area (TPSA) is 323 Å². The minimum atomic E-state index is -1.84. The van der Waals surface area contributed by atoms with Crippen molar-refractivity contribution < 1.29 is 104 Å². The second-order valence-electron chi connectivity index (χ2n) is 26.2. The van der Waals surface area contributed by atoms with Gasteiger partial charge in [0, 0.05) is 11.8 Å². The normalized spacial score (nSPS) is 57.4. The van der Waals surface area contributed by atoms with Gasteiger partial charge >= 0.3 is 5.97 Å². The Balaban J connectivity index is 0.936. The number of allylic oxidation sites excluding steroid dienone is 1. The summed E-state index contributed by atoms with van der Waals surface area (Å²) < 4.78 is 56.5. The lowest BCUT2D eigenvalue weighted by Gasteiger charge is -2.73. The molecule has 11 aliphatic rings. The molecule has 1 spiro atoms. The first-order valence-corrected chi connectivity index (χ1v) is 27.6. The fraction of sp³-hybridized carbons (Fsp3) is 0.944. The maximum atomic E-state index is 13.9. The predicted molar refractivity (Wildman–Crippen MR) is 258 cm³/mol. The smallest absolute Gasteiger partial charge is 0.313 e. The Bertz CT molecular complexity index is 2140. The number of esters is 1. The van der Waals surface area contributed by atoms with E-state index in [0.717, 1.165) is 32.1 Å². The van der Waals surface area contributed by atoms with Crippen molar-refractivity contribution in [3.8, 4) is 0 Å². The van der Waals surface area contributed by atoms with Gasteiger partial charge in [0.1, 0.15) is 84.4 Å². The molecule has 428 valence electrons. The van der Waals surface area contributed by atoms with Gasteiger partial charge in [-0.25, -0.2) is 0 Å². The van der Waals surface area contributed by atoms with Crippen LogP contribution in [0.1, 0.15) is 120 Å². The molecule has 5 aliphatic carbocycles. The molecule has 75 heavy (non-hydrogen) atoms. The second kappa shape index (κ2) is 19.6. The molecule has 0 aromatic rings. The van der Waals surface area contributed by atoms with Crippen molar-refractivity contribution in [2.75, 3.05) is 19.8 Å². The van der Waals surface area contributed by atoms with Crippen LogP contribution in [-0.4, -0.2) is 210 Å². The summed E-state index contributed by atoms with van der Waals surface area (Å²) in [5, 5.41) is 121. The number of fused-ring (bicyclic) bond motifs is 7. The van der Waals surface area contributed by atoms with Crippen LogP contribution >= 0.6 is 0 Å². The molecular formula is C54H86O21. The van der Waals surface area contributed by atoms with Crippen LogP contribution in [0.25, 0.3) is 0 Å². The van der Waals surface area contributed by atoms with Gasteiger partial charge in [-0.05, 0) is 112 Å². The number of hydrogen-bond donors (Lipinski definition) is 11. The summed E-state index contributed by atoms with van der Waals surface area (Å²) in [4.78, 5) is 13.9. The van der Waals surface area contributed by atoms with Gasteiger partial charge in [0.2, 0.25) is 0 Å². The molecule has 2 bridgehead atoms. The molecule has 0 amide bonds. The highest BCUT2D eigenvalue weighted by Crippen LogP contribution is 2.77. The molecule has 21 nitrogen and oxygen atoms in total. The van der Waals surface area contributed by atoms with Crippen LogP contribution in [0.4, 0.5) is 0 Å². The van der Waals surface area contributed by atoms with E-state index in [4.69, 9.17) is 42.6 Å². The second-order valence-corrected chi connectivity index (χ2v) is 26.2. The molecule has 29 unspecified atom stereocenters. The van der Waals surface area contributed by atoms with E-state index in [0.29, 0.717) is 25.7 Å². The Morgan fingerprint density at radius 2 is 1.21 bits per heavy atom. The zero-order valence-corrected chi connectivity index (χ0v) is 44.8. The SMILES string of the molecule is CC1OC(OC2C(OC3CCC4(C)C(CCC5(C)C4CC=C4C6C7(CCC(C)(OC7=O)C6(C)O)CCC45C)C3(C)C)OCC(O)C2OC2OC(CO)C(O)C(C)C2OC2OC(CO)C(O)C(O)C2O)C(O)C(O)C1O. The molecule has 11 rings (SSSR count). The van der Waals surface area contributed by atoms with Crippen molar-refractivity contribution in [3.05, 3.63) is 11.6 Å². The highest BCUT2D eigenvalue weighted by molar-refractivity contribution is 5.82. The summed E-state index contributed by atoms with van der Waals surface area (Å²) in [6, 6.07) is 0. The lowest BCUT2D eigenvalue weighted by Crippen LogP contribution is -2.75. The van der Waals surface area contributed by atoms with E-state index >= 15 is 0 Å². The van der Waals surface area contributed by atoms with Crippen LogP contribution in [0, 0.1) is 50.7 Å². The maximum Gasteiger partial charge on any atom is 0.313 e. The fourth-order valence-electron chi connectivity index (χ4n) is 17.1. The monoisotopic (exact) mass is 1070 g/mol. The highest BCUT2D eigenvalue weighted by atomic mass is 16.8. The molecule has 0 aromatic heterocycles. The first kappa shape index (κ1) is 56.7. The number of ether oxygens (including phenoxy) is 9. The Hall–Kier alpha value is -1.55. The molecule has 11 N–H and O–H groups in total. The van der Waals surface area contributed by atoms with E-state index in [1.54, 1.807) is 6.92 Å². The van der Waals surface area contributed by atoms with Crippen LogP contribution in [-0.2, 0) is 47.4 Å². The molecule has 6 aliphatic heterocycles. The lowest BCUT2D eigenvalue weighted by atomic mass is 9.32. The summed E-state index contributed by atoms with van der Waals surface area (Å²) in [7, 11) is 0. The number of aliphatic hydroxyl groups excluding tert-OH is 10. The van der Waals surface area contributed by atoms with Gasteiger partial charge in [-0.2, -0.15) is 0 Å². The minimum Gasteiger partial charge on any atom is -0.456 e. The molecule has 4 saturated carbocycles. The first-order valence-electron chi connectivity index (χ1n) is 27.6. The number of carbonyl (C=O) groups excluding carboxylic acids is 1. The van der Waals surface area contributed by atoms with Crippen LogP contribution in [0.2, 0.25) is 0 Å². The Kier molecular flexibility index (Phi) is 14.8. The van der Waals surface area contributed by atoms with Gasteiger partial charge in [-0.15, -0.1) is 0 Å². The maximum absolute atomic E-state index is 13.9. The van der Waals surface area contributed by atoms with E-state index in [2.05, 4.69) is 40.7 Å². The zero-order valence-electron chi connectivity index (χ0n) is 44.8. The largest absolute Gasteiger partial charge is 0.456 e. The van der Waals surface area contributed by atoms with Crippen molar-refractivity contribution in [2.24, 2.45) is 50.7 Å². The standard InChI is InChI=1S/C54H86O21/c1-23-32(58)27(20-55)70-46(39(23)72-44-38(64)36(62)34(60)28(21-56)69-44)73-40-26(57)22-67-45(41(40)74-43-37(63)35(61)33(59)24(2)68-43)71-31-13-14-49(5)29(48(31,3)4)12-15-51(7)30(49)11-10-25-42-53(9,66)52(8)17-19-54(42,47(65)75-52)18-16-50(25,51)6/h10,23-24,26-46,55-64,66H,11-22H2,1-9H3. The van der Waals surface area contributed by atoms with E-state index in [9.17, 15) is 61.0 Å². The van der Waals surface area contributed by atoms with Gasteiger partial charge in [-0.1, -0.05) is 53.2 Å². The molecule has 0 radical (unpaired) electrons. The fourth-order valence-corrected chi connectivity index (χ4v) is 17.1. The van der Waals surface area contributed by atoms with Crippen molar-refractivity contribution >= 4 is 5.97 Å². The number of hydrogen-bond acceptors (Lipinski definition) is 21. The van der Waals surface area contributed by atoms with Gasteiger partial charge < -0.3 is 98.8 Å². The van der Waals surface area contributed by atoms with Crippen molar-refractivity contribution in [3.63, 3.8) is 0 Å². The lowest BCUT2D eigenvalue weighted by molar-refractivity contribution is -0.398. The van der Waals surface area contributed by atoms with Crippen LogP contribution in [0.5, 0.6) is 0 Å². The molecule has 6 heterocycles. The molecule has 0 aromatic carbocycles. The van der Waals surface area contributed by atoms with E-state index in [-0.39, 0.29) is 46.6 Å². The molecule has 6 saturated heterocycles. The molecule has 29 atom stereocenters. The molecular weight excluding hydrogens is 985 g/mol. The summed E-state index contributed by atoms with van der Waals surface area (Å²) in [6.45, 7) is 16.7. The van der Waals surface area contributed by atoms with Crippen molar-refractivity contribution in [1.82, 2.24) is 0 Å². The Morgan fingerprint density at radius 3 is 1.88 bits per heavy atom. The van der Waals surface area contributed by atoms with E-state index in [1.807, 2.05) is 13.8 Å². The zero-order chi connectivity index (χ0) is 54.5. The van der Waals surface area contributed by atoms with Gasteiger partial charge in [0.15, 0.2) is 25.2 Å². The average molecular weight is 1070 g/mol. The van der Waals surface area contributed by atoms with E-state index < -0.39 is 158 Å². The molecule has 10 fully saturated rings. The molecule has 21 heteroatoms. The van der Waals surface area contributed by atoms with Gasteiger partial charge in [0.05, 0.1) is 43.5 Å². The van der Waals surface area contributed by atoms with E-state index in [1.165, 1.54) is 12.5 Å². The summed E-state index contributed by atoms with van der Waals surface area (Å²) >= 11 is 0. The number of carbonyl (C=O) groups is 1. The Labute approximate surface area is 438 Å². The summed E-state index contributed by atoms with van der Waals surface area (Å²) in [5.41, 5.74) is -2.86. The average Bonchev–Trinajstić information content (AvgIpc) is 3.36. The predicted octanol–water partition coefficient (Wildman–Crippen LogP) is 0.0379. The third kappa shape index (κ3) is 8.36. The van der Waals surface area contributed by atoms with Gasteiger partial charge in [0.25, 0.3) is 0 Å². The van der Waals surface area contributed by atoms with Crippen LogP contribution in [0.15, 0.2) is 11.6 Å². The van der Waals surface area contributed by atoms with Gasteiger partial charge in [-0.3, -0.25) is 4.79 Å². The van der Waals surface area contributed by atoms with Crippen LogP contribution in [0.3, 0.4) is 0 Å². The summed E-state index contributed by atoms with van der Waals surface area (Å²) in [5.74, 6) is -1.07. The number of aliphatic hydroxyl groups is 11. The Morgan fingerprint density at radius 1 is 0.613 bits per heavy atom. The minimum absolute atomic E-state index is 0.138. The third-order valence-corrected chi connectivity index (χ3v) is 22.2. The van der Waals surface area contributed by atoms with Crippen LogP contribution < -0.4 is 0 Å². The third-order valence-electron chi connectivity index (χ3n) is 22.2. The summed E-state index contributed by atoms with van der Waals surface area (Å²) in [6.07, 6.45) is -18.7. The number of rotatable bonds is 10. The van der Waals surface area contributed by atoms with Crippen molar-refractivity contribution in [2.45, 2.75) is 248 Å². The van der Waals surface area contributed by atoms with Crippen molar-refractivity contribution in [1.29, 1.82) is 0 Å².